The van der Waals surface area contributed by atoms with Crippen molar-refractivity contribution in [2.45, 2.75) is 38.3 Å². The molecule has 2 fully saturated rings. The van der Waals surface area contributed by atoms with Crippen LogP contribution in [0.5, 0.6) is 0 Å². The molecule has 1 aromatic heterocycles. The van der Waals surface area contributed by atoms with Gasteiger partial charge in [-0.2, -0.15) is 0 Å². The Bertz CT molecular complexity index is 602. The van der Waals surface area contributed by atoms with Crippen LogP contribution in [0.25, 0.3) is 0 Å². The second kappa shape index (κ2) is 7.33. The number of carbonyl (C=O) groups is 1. The first-order valence-corrected chi connectivity index (χ1v) is 9.64. The van der Waals surface area contributed by atoms with E-state index in [0.717, 1.165) is 50.6 Å². The molecule has 1 atom stereocenters. The highest BCUT2D eigenvalue weighted by atomic mass is 32.1. The van der Waals surface area contributed by atoms with E-state index in [1.54, 1.807) is 11.3 Å². The summed E-state index contributed by atoms with van der Waals surface area (Å²) < 4.78 is 0. The number of nitrogens with zero attached hydrogens (tertiary/aromatic N) is 4. The van der Waals surface area contributed by atoms with E-state index in [9.17, 15) is 4.79 Å². The van der Waals surface area contributed by atoms with E-state index in [1.165, 1.54) is 5.69 Å². The van der Waals surface area contributed by atoms with Crippen LogP contribution in [0.4, 0.5) is 0 Å². The Morgan fingerprint density at radius 3 is 2.92 bits per heavy atom. The minimum Gasteiger partial charge on any atom is -0.339 e. The number of aryl methyl sites for hydroxylation is 1. The van der Waals surface area contributed by atoms with Crippen LogP contribution in [0.2, 0.25) is 0 Å². The van der Waals surface area contributed by atoms with Crippen LogP contribution in [-0.2, 0) is 11.3 Å². The second-order valence-corrected chi connectivity index (χ2v) is 8.16. The Morgan fingerprint density at radius 2 is 2.21 bits per heavy atom. The van der Waals surface area contributed by atoms with Crippen molar-refractivity contribution in [1.82, 2.24) is 19.7 Å². The molecule has 1 spiro atoms. The summed E-state index contributed by atoms with van der Waals surface area (Å²) in [6.45, 7) is 11.4. The Kier molecular flexibility index (Phi) is 5.37. The summed E-state index contributed by atoms with van der Waals surface area (Å²) >= 11 is 1.72. The quantitative estimate of drug-likeness (QED) is 0.782. The summed E-state index contributed by atoms with van der Waals surface area (Å²) in [4.78, 5) is 23.9. The maximum atomic E-state index is 12.3. The Labute approximate surface area is 149 Å². The van der Waals surface area contributed by atoms with Gasteiger partial charge in [-0.1, -0.05) is 6.08 Å². The van der Waals surface area contributed by atoms with Crippen molar-refractivity contribution in [3.05, 3.63) is 28.7 Å². The number of amides is 1. The zero-order valence-electron chi connectivity index (χ0n) is 14.8. The van der Waals surface area contributed by atoms with Crippen molar-refractivity contribution in [2.75, 3.05) is 39.8 Å². The molecule has 1 unspecified atom stereocenters. The minimum atomic E-state index is 0.106. The minimum absolute atomic E-state index is 0.106. The lowest BCUT2D eigenvalue weighted by atomic mass is 9.86. The molecule has 2 saturated heterocycles. The van der Waals surface area contributed by atoms with Gasteiger partial charge in [0.25, 0.3) is 0 Å². The predicted octanol–water partition coefficient (Wildman–Crippen LogP) is 2.14. The topological polar surface area (TPSA) is 39.7 Å². The fraction of sp³-hybridized carbons (Fsp3) is 0.667. The molecule has 0 saturated carbocycles. The molecular weight excluding hydrogens is 320 g/mol. The number of aromatic nitrogens is 1. The monoisotopic (exact) mass is 348 g/mol. The van der Waals surface area contributed by atoms with Crippen molar-refractivity contribution >= 4 is 17.2 Å². The molecule has 2 aliphatic heterocycles. The maximum absolute atomic E-state index is 12.3. The SMILES string of the molecule is C=CCN1CCC2(CCC1=O)CN(Cc1csc(C)n1)CCN2C. The first kappa shape index (κ1) is 17.6. The van der Waals surface area contributed by atoms with Gasteiger partial charge in [0.15, 0.2) is 0 Å². The fourth-order valence-corrected chi connectivity index (χ4v) is 4.57. The van der Waals surface area contributed by atoms with Crippen LogP contribution in [0.15, 0.2) is 18.0 Å². The smallest absolute Gasteiger partial charge is 0.222 e. The molecule has 1 aromatic rings. The molecule has 6 heteroatoms. The van der Waals surface area contributed by atoms with E-state index in [0.29, 0.717) is 13.0 Å². The number of carbonyl (C=O) groups excluding carboxylic acids is 1. The van der Waals surface area contributed by atoms with Crippen LogP contribution in [0.1, 0.15) is 30.0 Å². The third kappa shape index (κ3) is 3.71. The van der Waals surface area contributed by atoms with Crippen molar-refractivity contribution < 1.29 is 4.79 Å². The summed E-state index contributed by atoms with van der Waals surface area (Å²) in [5.41, 5.74) is 1.28. The fourth-order valence-electron chi connectivity index (χ4n) is 3.97. The standard InChI is InChI=1S/C18H28N4OS/c1-4-8-22-9-7-18(6-5-17(22)23)14-21(11-10-20(18)3)12-16-13-24-15(2)19-16/h4,13H,1,5-12,14H2,2-3H3. The van der Waals surface area contributed by atoms with Crippen LogP contribution < -0.4 is 0 Å². The lowest BCUT2D eigenvalue weighted by molar-refractivity contribution is -0.130. The number of rotatable bonds is 4. The molecule has 0 N–H and O–H groups in total. The van der Waals surface area contributed by atoms with Crippen LogP contribution in [-0.4, -0.2) is 70.9 Å². The Morgan fingerprint density at radius 1 is 1.38 bits per heavy atom. The van der Waals surface area contributed by atoms with Crippen molar-refractivity contribution in [3.63, 3.8) is 0 Å². The van der Waals surface area contributed by atoms with E-state index >= 15 is 0 Å². The lowest BCUT2D eigenvalue weighted by Gasteiger charge is -2.49. The van der Waals surface area contributed by atoms with E-state index in [4.69, 9.17) is 0 Å². The van der Waals surface area contributed by atoms with Crippen LogP contribution in [0.3, 0.4) is 0 Å². The Hall–Kier alpha value is -1.24. The summed E-state index contributed by atoms with van der Waals surface area (Å²) in [7, 11) is 2.22. The van der Waals surface area contributed by atoms with Gasteiger partial charge >= 0.3 is 0 Å². The summed E-state index contributed by atoms with van der Waals surface area (Å²) in [5, 5.41) is 3.30. The van der Waals surface area contributed by atoms with Gasteiger partial charge in [0.1, 0.15) is 0 Å². The third-order valence-corrected chi connectivity index (χ3v) is 6.31. The maximum Gasteiger partial charge on any atom is 0.222 e. The zero-order chi connectivity index (χ0) is 17.2. The summed E-state index contributed by atoms with van der Waals surface area (Å²) in [6, 6.07) is 0. The average molecular weight is 349 g/mol. The van der Waals surface area contributed by atoms with Gasteiger partial charge < -0.3 is 4.90 Å². The lowest BCUT2D eigenvalue weighted by Crippen LogP contribution is -2.60. The molecule has 132 valence electrons. The zero-order valence-corrected chi connectivity index (χ0v) is 15.6. The van der Waals surface area contributed by atoms with Crippen LogP contribution >= 0.6 is 11.3 Å². The highest BCUT2D eigenvalue weighted by molar-refractivity contribution is 7.09. The molecule has 5 nitrogen and oxygen atoms in total. The average Bonchev–Trinajstić information content (AvgIpc) is 2.90. The molecule has 0 bridgehead atoms. The molecule has 2 aliphatic rings. The third-order valence-electron chi connectivity index (χ3n) is 5.48. The van der Waals surface area contributed by atoms with Gasteiger partial charge in [0, 0.05) is 56.6 Å². The second-order valence-electron chi connectivity index (χ2n) is 7.09. The van der Waals surface area contributed by atoms with Crippen molar-refractivity contribution in [3.8, 4) is 0 Å². The summed E-state index contributed by atoms with van der Waals surface area (Å²) in [6.07, 6.45) is 4.46. The number of likely N-dealkylation sites (N-methyl/N-ethyl adjacent to an activating group) is 1. The van der Waals surface area contributed by atoms with Gasteiger partial charge in [0.05, 0.1) is 10.7 Å². The Balaban J connectivity index is 1.70. The molecule has 0 aromatic carbocycles. The highest BCUT2D eigenvalue weighted by Crippen LogP contribution is 2.32. The normalized spacial score (nSPS) is 26.8. The van der Waals surface area contributed by atoms with Gasteiger partial charge in [0.2, 0.25) is 5.91 Å². The number of likely N-dealkylation sites (tertiary alicyclic amines) is 1. The molecular formula is C18H28N4OS. The largest absolute Gasteiger partial charge is 0.339 e. The van der Waals surface area contributed by atoms with Gasteiger partial charge in [-0.25, -0.2) is 4.98 Å². The molecule has 24 heavy (non-hydrogen) atoms. The molecule has 3 heterocycles. The van der Waals surface area contributed by atoms with E-state index in [-0.39, 0.29) is 11.4 Å². The van der Waals surface area contributed by atoms with Crippen molar-refractivity contribution in [1.29, 1.82) is 0 Å². The number of thiazole rings is 1. The van der Waals surface area contributed by atoms with E-state index in [2.05, 4.69) is 40.7 Å². The van der Waals surface area contributed by atoms with Crippen LogP contribution in [0, 0.1) is 6.92 Å². The first-order valence-electron chi connectivity index (χ1n) is 8.76. The molecule has 0 aliphatic carbocycles. The first-order chi connectivity index (χ1) is 11.5. The van der Waals surface area contributed by atoms with Gasteiger partial charge in [-0.15, -0.1) is 17.9 Å². The molecule has 1 amide bonds. The van der Waals surface area contributed by atoms with Gasteiger partial charge in [-0.05, 0) is 26.8 Å². The van der Waals surface area contributed by atoms with Gasteiger partial charge in [-0.3, -0.25) is 14.6 Å². The van der Waals surface area contributed by atoms with Crippen molar-refractivity contribution in [2.24, 2.45) is 0 Å². The highest BCUT2D eigenvalue weighted by Gasteiger charge is 2.42. The predicted molar refractivity (Wildman–Crippen MR) is 98.1 cm³/mol. The van der Waals surface area contributed by atoms with E-state index in [1.807, 2.05) is 11.0 Å². The number of hydrogen-bond donors (Lipinski definition) is 0. The molecule has 0 radical (unpaired) electrons. The number of hydrogen-bond acceptors (Lipinski definition) is 5. The summed E-state index contributed by atoms with van der Waals surface area (Å²) in [5.74, 6) is 0.271. The van der Waals surface area contributed by atoms with E-state index < -0.39 is 0 Å². The number of piperazine rings is 1. The molecule has 3 rings (SSSR count).